The second kappa shape index (κ2) is 5.43. The molecule has 3 nitrogen and oxygen atoms in total. The van der Waals surface area contributed by atoms with Crippen LogP contribution in [0.15, 0.2) is 0 Å². The molecule has 0 spiro atoms. The standard InChI is InChI=1S/C22H30O3/c1-4-22(25)10-8-18-16-6-5-15-11-19(24)14(13-23)12-20(15,2)17(16)7-9-21(18,22)3/h1,13-18,25H,5-12H2,2-3H3/t14?,15?,16-,17+,18+,20+,21+,22-/m1/s1. The molecule has 4 rings (SSSR count). The average molecular weight is 342 g/mol. The zero-order valence-electron chi connectivity index (χ0n) is 15.5. The summed E-state index contributed by atoms with van der Waals surface area (Å²) < 4.78 is 0. The highest BCUT2D eigenvalue weighted by molar-refractivity contribution is 5.94. The number of aliphatic hydroxyl groups is 1. The molecule has 0 heterocycles. The van der Waals surface area contributed by atoms with E-state index in [-0.39, 0.29) is 16.6 Å². The predicted molar refractivity (Wildman–Crippen MR) is 95.5 cm³/mol. The molecule has 0 bridgehead atoms. The van der Waals surface area contributed by atoms with E-state index in [4.69, 9.17) is 6.42 Å². The lowest BCUT2D eigenvalue weighted by atomic mass is 9.43. The summed E-state index contributed by atoms with van der Waals surface area (Å²) in [5.41, 5.74) is -1.06. The van der Waals surface area contributed by atoms with Crippen molar-refractivity contribution in [2.24, 2.45) is 40.4 Å². The molecule has 0 aromatic heterocycles. The third-order valence-corrected chi connectivity index (χ3v) is 9.14. The van der Waals surface area contributed by atoms with Crippen molar-refractivity contribution in [2.45, 2.75) is 70.8 Å². The molecule has 8 atom stereocenters. The summed E-state index contributed by atoms with van der Waals surface area (Å²) in [6.07, 6.45) is 13.9. The fourth-order valence-electron chi connectivity index (χ4n) is 7.55. The van der Waals surface area contributed by atoms with E-state index >= 15 is 0 Å². The van der Waals surface area contributed by atoms with Gasteiger partial charge in [0.1, 0.15) is 17.7 Å². The maximum atomic E-state index is 12.3. The minimum atomic E-state index is -0.964. The molecule has 0 radical (unpaired) electrons. The first-order valence-electron chi connectivity index (χ1n) is 9.97. The van der Waals surface area contributed by atoms with Gasteiger partial charge in [0.15, 0.2) is 0 Å². The van der Waals surface area contributed by atoms with Crippen LogP contribution in [0.2, 0.25) is 0 Å². The monoisotopic (exact) mass is 342 g/mol. The van der Waals surface area contributed by atoms with E-state index in [9.17, 15) is 14.7 Å². The predicted octanol–water partition coefficient (Wildman–Crippen LogP) is 3.39. The molecule has 0 aromatic carbocycles. The van der Waals surface area contributed by atoms with Crippen molar-refractivity contribution in [1.29, 1.82) is 0 Å². The maximum absolute atomic E-state index is 12.3. The smallest absolute Gasteiger partial charge is 0.143 e. The first-order valence-corrected chi connectivity index (χ1v) is 9.97. The SMILES string of the molecule is C#C[C@@]1(O)CC[C@H]2[C@@H]3CCC4CC(=O)C(C=O)C[C@]4(C)[C@H]3CC[C@@]21C. The number of fused-ring (bicyclic) bond motifs is 5. The van der Waals surface area contributed by atoms with Crippen molar-refractivity contribution in [1.82, 2.24) is 0 Å². The van der Waals surface area contributed by atoms with Crippen LogP contribution in [0.3, 0.4) is 0 Å². The molecule has 3 heteroatoms. The van der Waals surface area contributed by atoms with Crippen molar-refractivity contribution in [2.75, 3.05) is 0 Å². The van der Waals surface area contributed by atoms with Gasteiger partial charge in [-0.15, -0.1) is 6.42 Å². The van der Waals surface area contributed by atoms with Gasteiger partial charge in [-0.05, 0) is 74.0 Å². The zero-order valence-corrected chi connectivity index (χ0v) is 15.5. The first kappa shape index (κ1) is 17.3. The van der Waals surface area contributed by atoms with E-state index in [0.717, 1.165) is 44.8 Å². The van der Waals surface area contributed by atoms with Gasteiger partial charge in [0.2, 0.25) is 0 Å². The van der Waals surface area contributed by atoms with Crippen LogP contribution in [0, 0.1) is 52.8 Å². The van der Waals surface area contributed by atoms with E-state index in [1.54, 1.807) is 0 Å². The number of Topliss-reactive ketones (excluding diaryl/α,β-unsaturated/α-hetero) is 1. The van der Waals surface area contributed by atoms with Gasteiger partial charge in [-0.25, -0.2) is 0 Å². The second-order valence-corrected chi connectivity index (χ2v) is 9.77. The van der Waals surface area contributed by atoms with Crippen LogP contribution in [0.1, 0.15) is 65.2 Å². The van der Waals surface area contributed by atoms with E-state index in [2.05, 4.69) is 19.8 Å². The lowest BCUT2D eigenvalue weighted by Gasteiger charge is -2.61. The summed E-state index contributed by atoms with van der Waals surface area (Å²) >= 11 is 0. The Kier molecular flexibility index (Phi) is 3.75. The van der Waals surface area contributed by atoms with E-state index in [1.165, 1.54) is 0 Å². The van der Waals surface area contributed by atoms with E-state index < -0.39 is 11.5 Å². The number of carbonyl (C=O) groups is 2. The Bertz CT molecular complexity index is 648. The minimum absolute atomic E-state index is 0.0839. The van der Waals surface area contributed by atoms with Crippen molar-refractivity contribution in [3.63, 3.8) is 0 Å². The summed E-state index contributed by atoms with van der Waals surface area (Å²) in [4.78, 5) is 23.7. The lowest BCUT2D eigenvalue weighted by molar-refractivity contribution is -0.155. The topological polar surface area (TPSA) is 54.4 Å². The Morgan fingerprint density at radius 2 is 1.88 bits per heavy atom. The highest BCUT2D eigenvalue weighted by Crippen LogP contribution is 2.68. The fourth-order valence-corrected chi connectivity index (χ4v) is 7.55. The number of hydrogen-bond acceptors (Lipinski definition) is 3. The fraction of sp³-hybridized carbons (Fsp3) is 0.818. The molecule has 25 heavy (non-hydrogen) atoms. The summed E-state index contributed by atoms with van der Waals surface area (Å²) in [5.74, 6) is 4.50. The van der Waals surface area contributed by atoms with Crippen molar-refractivity contribution in [3.05, 3.63) is 0 Å². The quantitative estimate of drug-likeness (QED) is 0.451. The van der Waals surface area contributed by atoms with Gasteiger partial charge in [0.05, 0.1) is 5.92 Å². The Balaban J connectivity index is 1.67. The van der Waals surface area contributed by atoms with Crippen LogP contribution < -0.4 is 0 Å². The summed E-state index contributed by atoms with van der Waals surface area (Å²) in [6, 6.07) is 0. The Morgan fingerprint density at radius 1 is 1.16 bits per heavy atom. The van der Waals surface area contributed by atoms with E-state index in [1.807, 2.05) is 0 Å². The highest BCUT2D eigenvalue weighted by Gasteiger charge is 2.64. The zero-order chi connectivity index (χ0) is 18.0. The molecule has 4 aliphatic carbocycles. The molecule has 136 valence electrons. The van der Waals surface area contributed by atoms with Crippen LogP contribution in [0.25, 0.3) is 0 Å². The summed E-state index contributed by atoms with van der Waals surface area (Å²) in [6.45, 7) is 4.54. The van der Waals surface area contributed by atoms with Crippen LogP contribution in [0.4, 0.5) is 0 Å². The molecule has 0 aromatic rings. The minimum Gasteiger partial charge on any atom is -0.377 e. The molecule has 0 amide bonds. The van der Waals surface area contributed by atoms with Crippen molar-refractivity contribution in [3.8, 4) is 12.3 Å². The van der Waals surface area contributed by atoms with Gasteiger partial charge in [0, 0.05) is 11.8 Å². The Labute approximate surface area is 150 Å². The third kappa shape index (κ3) is 2.10. The molecule has 4 fully saturated rings. The number of aldehydes is 1. The molecule has 0 saturated heterocycles. The molecule has 1 N–H and O–H groups in total. The Hall–Kier alpha value is -1.14. The first-order chi connectivity index (χ1) is 11.8. The lowest BCUT2D eigenvalue weighted by Crippen LogP contribution is -2.57. The maximum Gasteiger partial charge on any atom is 0.143 e. The normalized spacial score (nSPS) is 54.8. The van der Waals surface area contributed by atoms with Crippen molar-refractivity contribution < 1.29 is 14.7 Å². The highest BCUT2D eigenvalue weighted by atomic mass is 16.3. The van der Waals surface area contributed by atoms with Crippen molar-refractivity contribution >= 4 is 12.1 Å². The third-order valence-electron chi connectivity index (χ3n) is 9.14. The van der Waals surface area contributed by atoms with Gasteiger partial charge in [-0.3, -0.25) is 4.79 Å². The second-order valence-electron chi connectivity index (χ2n) is 9.77. The van der Waals surface area contributed by atoms with Crippen LogP contribution in [0.5, 0.6) is 0 Å². The molecular formula is C22H30O3. The molecular weight excluding hydrogens is 312 g/mol. The Morgan fingerprint density at radius 3 is 2.56 bits per heavy atom. The number of terminal acetylenes is 1. The van der Waals surface area contributed by atoms with Gasteiger partial charge < -0.3 is 9.90 Å². The van der Waals surface area contributed by atoms with Crippen LogP contribution >= 0.6 is 0 Å². The number of ketones is 1. The van der Waals surface area contributed by atoms with E-state index in [0.29, 0.717) is 36.5 Å². The van der Waals surface area contributed by atoms with Gasteiger partial charge >= 0.3 is 0 Å². The van der Waals surface area contributed by atoms with Gasteiger partial charge in [0.25, 0.3) is 0 Å². The molecule has 4 saturated carbocycles. The summed E-state index contributed by atoms with van der Waals surface area (Å²) in [5, 5.41) is 11.0. The van der Waals surface area contributed by atoms with Crippen LogP contribution in [-0.2, 0) is 9.59 Å². The molecule has 0 aliphatic heterocycles. The average Bonchev–Trinajstić information content (AvgIpc) is 2.87. The van der Waals surface area contributed by atoms with Gasteiger partial charge in [-0.1, -0.05) is 19.8 Å². The number of hydrogen-bond donors (Lipinski definition) is 1. The number of carbonyl (C=O) groups excluding carboxylic acids is 2. The summed E-state index contributed by atoms with van der Waals surface area (Å²) in [7, 11) is 0. The molecule has 2 unspecified atom stereocenters. The van der Waals surface area contributed by atoms with Gasteiger partial charge in [-0.2, -0.15) is 0 Å². The molecule has 4 aliphatic rings. The van der Waals surface area contributed by atoms with Crippen LogP contribution in [-0.4, -0.2) is 22.8 Å². The largest absolute Gasteiger partial charge is 0.377 e. The number of rotatable bonds is 1.